The first-order valence-corrected chi connectivity index (χ1v) is 10.2. The van der Waals surface area contributed by atoms with E-state index in [4.69, 9.17) is 20.8 Å². The summed E-state index contributed by atoms with van der Waals surface area (Å²) in [5.74, 6) is 0.729. The zero-order valence-corrected chi connectivity index (χ0v) is 17.9. The lowest BCUT2D eigenvalue weighted by Gasteiger charge is -2.17. The van der Waals surface area contributed by atoms with Gasteiger partial charge in [0.25, 0.3) is 5.91 Å². The van der Waals surface area contributed by atoms with Crippen molar-refractivity contribution in [2.45, 2.75) is 6.54 Å². The zero-order chi connectivity index (χ0) is 22.1. The summed E-state index contributed by atoms with van der Waals surface area (Å²) in [5.41, 5.74) is 0.831. The van der Waals surface area contributed by atoms with Gasteiger partial charge in [-0.2, -0.15) is 0 Å². The number of furan rings is 1. The SMILES string of the molecule is CN(CCOc1ccccc1Cl)CC(=O)Nc1ccccc1C(=O)NCc1ccco1. The molecule has 0 fully saturated rings. The number of hydrogen-bond donors (Lipinski definition) is 2. The topological polar surface area (TPSA) is 83.8 Å². The Labute approximate surface area is 185 Å². The van der Waals surface area contributed by atoms with Gasteiger partial charge < -0.3 is 19.8 Å². The summed E-state index contributed by atoms with van der Waals surface area (Å²) in [6.07, 6.45) is 1.55. The zero-order valence-electron chi connectivity index (χ0n) is 17.1. The molecule has 3 rings (SSSR count). The number of hydrogen-bond acceptors (Lipinski definition) is 5. The fraction of sp³-hybridized carbons (Fsp3) is 0.217. The van der Waals surface area contributed by atoms with E-state index in [2.05, 4.69) is 10.6 Å². The van der Waals surface area contributed by atoms with Gasteiger partial charge in [0, 0.05) is 6.54 Å². The van der Waals surface area contributed by atoms with Gasteiger partial charge in [0.05, 0.1) is 35.6 Å². The molecule has 1 heterocycles. The molecular weight excluding hydrogens is 418 g/mol. The maximum absolute atomic E-state index is 12.5. The predicted octanol–water partition coefficient (Wildman–Crippen LogP) is 3.81. The number of nitrogens with one attached hydrogen (secondary N) is 2. The van der Waals surface area contributed by atoms with Crippen LogP contribution in [0, 0.1) is 0 Å². The van der Waals surface area contributed by atoms with Gasteiger partial charge in [0.2, 0.25) is 5.91 Å². The van der Waals surface area contributed by atoms with Crippen molar-refractivity contribution in [3.8, 4) is 5.75 Å². The van der Waals surface area contributed by atoms with Gasteiger partial charge in [-0.3, -0.25) is 14.5 Å². The second kappa shape index (κ2) is 11.2. The standard InChI is InChI=1S/C23H24ClN3O4/c1-27(12-14-31-21-11-5-3-9-19(21)24)16-22(28)26-20-10-4-2-8-18(20)23(29)25-15-17-7-6-13-30-17/h2-11,13H,12,14-16H2,1H3,(H,25,29)(H,26,28). The van der Waals surface area contributed by atoms with Crippen LogP contribution in [0.4, 0.5) is 5.69 Å². The van der Waals surface area contributed by atoms with E-state index in [0.29, 0.717) is 40.9 Å². The molecule has 0 saturated heterocycles. The van der Waals surface area contributed by atoms with E-state index >= 15 is 0 Å². The Kier molecular flexibility index (Phi) is 8.09. The van der Waals surface area contributed by atoms with Crippen LogP contribution < -0.4 is 15.4 Å². The van der Waals surface area contributed by atoms with Crippen LogP contribution in [0.25, 0.3) is 0 Å². The first-order valence-electron chi connectivity index (χ1n) is 9.78. The van der Waals surface area contributed by atoms with Gasteiger partial charge in [-0.25, -0.2) is 0 Å². The number of rotatable bonds is 10. The van der Waals surface area contributed by atoms with Gasteiger partial charge in [0.1, 0.15) is 18.1 Å². The summed E-state index contributed by atoms with van der Waals surface area (Å²) in [4.78, 5) is 26.8. The molecule has 0 aliphatic carbocycles. The highest BCUT2D eigenvalue weighted by molar-refractivity contribution is 6.32. The quantitative estimate of drug-likeness (QED) is 0.499. The van der Waals surface area contributed by atoms with Crippen molar-refractivity contribution < 1.29 is 18.7 Å². The van der Waals surface area contributed by atoms with E-state index in [0.717, 1.165) is 0 Å². The maximum Gasteiger partial charge on any atom is 0.253 e. The van der Waals surface area contributed by atoms with Crippen LogP contribution >= 0.6 is 11.6 Å². The number of carbonyl (C=O) groups excluding carboxylic acids is 2. The lowest BCUT2D eigenvalue weighted by Crippen LogP contribution is -2.33. The van der Waals surface area contributed by atoms with E-state index in [1.54, 1.807) is 54.8 Å². The second-order valence-electron chi connectivity index (χ2n) is 6.87. The summed E-state index contributed by atoms with van der Waals surface area (Å²) < 4.78 is 10.9. The maximum atomic E-state index is 12.5. The number of para-hydroxylation sites is 2. The number of carbonyl (C=O) groups is 2. The molecule has 0 spiro atoms. The predicted molar refractivity (Wildman–Crippen MR) is 119 cm³/mol. The monoisotopic (exact) mass is 441 g/mol. The molecule has 8 heteroatoms. The van der Waals surface area contributed by atoms with E-state index in [9.17, 15) is 9.59 Å². The summed E-state index contributed by atoms with van der Waals surface area (Å²) in [6, 6.07) is 17.6. The first-order chi connectivity index (χ1) is 15.0. The molecule has 2 aromatic carbocycles. The Bertz CT molecular complexity index is 1010. The van der Waals surface area contributed by atoms with Crippen molar-refractivity contribution >= 4 is 29.1 Å². The van der Waals surface area contributed by atoms with Gasteiger partial charge in [0.15, 0.2) is 0 Å². The Morgan fingerprint density at radius 2 is 1.84 bits per heavy atom. The number of amides is 2. The number of nitrogens with zero attached hydrogens (tertiary/aromatic N) is 1. The number of benzene rings is 2. The van der Waals surface area contributed by atoms with Crippen LogP contribution in [-0.2, 0) is 11.3 Å². The average Bonchev–Trinajstić information content (AvgIpc) is 3.27. The summed E-state index contributed by atoms with van der Waals surface area (Å²) in [5, 5.41) is 6.13. The van der Waals surface area contributed by atoms with E-state index < -0.39 is 0 Å². The lowest BCUT2D eigenvalue weighted by atomic mass is 10.1. The van der Waals surface area contributed by atoms with E-state index in [1.807, 2.05) is 24.1 Å². The fourth-order valence-electron chi connectivity index (χ4n) is 2.85. The Balaban J connectivity index is 1.48. The van der Waals surface area contributed by atoms with Crippen LogP contribution in [0.2, 0.25) is 5.02 Å². The van der Waals surface area contributed by atoms with Gasteiger partial charge >= 0.3 is 0 Å². The van der Waals surface area contributed by atoms with Crippen LogP contribution in [0.5, 0.6) is 5.75 Å². The lowest BCUT2D eigenvalue weighted by molar-refractivity contribution is -0.117. The molecular formula is C23H24ClN3O4. The van der Waals surface area contributed by atoms with Crippen LogP contribution in [-0.4, -0.2) is 43.5 Å². The molecule has 2 N–H and O–H groups in total. The Morgan fingerprint density at radius 1 is 1.06 bits per heavy atom. The molecule has 31 heavy (non-hydrogen) atoms. The number of anilines is 1. The molecule has 1 aromatic heterocycles. The Morgan fingerprint density at radius 3 is 2.61 bits per heavy atom. The minimum atomic E-state index is -0.297. The average molecular weight is 442 g/mol. The van der Waals surface area contributed by atoms with Crippen LogP contribution in [0.15, 0.2) is 71.3 Å². The van der Waals surface area contributed by atoms with Crippen LogP contribution in [0.1, 0.15) is 16.1 Å². The third kappa shape index (κ3) is 6.87. The molecule has 0 unspecified atom stereocenters. The molecule has 7 nitrogen and oxygen atoms in total. The first kappa shape index (κ1) is 22.4. The van der Waals surface area contributed by atoms with Crippen LogP contribution in [0.3, 0.4) is 0 Å². The third-order valence-corrected chi connectivity index (χ3v) is 4.74. The molecule has 0 atom stereocenters. The summed E-state index contributed by atoms with van der Waals surface area (Å²) >= 11 is 6.07. The fourth-order valence-corrected chi connectivity index (χ4v) is 3.04. The minimum absolute atomic E-state index is 0.147. The molecule has 0 radical (unpaired) electrons. The van der Waals surface area contributed by atoms with Crippen molar-refractivity contribution in [3.05, 3.63) is 83.3 Å². The van der Waals surface area contributed by atoms with E-state index in [-0.39, 0.29) is 24.9 Å². The highest BCUT2D eigenvalue weighted by atomic mass is 35.5. The van der Waals surface area contributed by atoms with E-state index in [1.165, 1.54) is 0 Å². The smallest absolute Gasteiger partial charge is 0.253 e. The molecule has 0 bridgehead atoms. The molecule has 0 saturated carbocycles. The third-order valence-electron chi connectivity index (χ3n) is 4.43. The van der Waals surface area contributed by atoms with Crippen molar-refractivity contribution in [1.82, 2.24) is 10.2 Å². The molecule has 3 aromatic rings. The molecule has 2 amide bonds. The highest BCUT2D eigenvalue weighted by Gasteiger charge is 2.14. The van der Waals surface area contributed by atoms with Crippen molar-refractivity contribution in [1.29, 1.82) is 0 Å². The normalized spacial score (nSPS) is 10.7. The molecule has 162 valence electrons. The molecule has 0 aliphatic rings. The van der Waals surface area contributed by atoms with Gasteiger partial charge in [-0.1, -0.05) is 35.9 Å². The largest absolute Gasteiger partial charge is 0.491 e. The minimum Gasteiger partial charge on any atom is -0.491 e. The number of halogens is 1. The number of likely N-dealkylation sites (N-methyl/N-ethyl adjacent to an activating group) is 1. The van der Waals surface area contributed by atoms with Gasteiger partial charge in [-0.15, -0.1) is 0 Å². The molecule has 0 aliphatic heterocycles. The summed E-state index contributed by atoms with van der Waals surface area (Å²) in [7, 11) is 1.82. The van der Waals surface area contributed by atoms with Gasteiger partial charge in [-0.05, 0) is 43.4 Å². The Hall–Kier alpha value is -3.29. The number of ether oxygens (including phenoxy) is 1. The van der Waals surface area contributed by atoms with Crippen molar-refractivity contribution in [3.63, 3.8) is 0 Å². The second-order valence-corrected chi connectivity index (χ2v) is 7.28. The summed E-state index contributed by atoms with van der Waals surface area (Å²) in [6.45, 7) is 1.33. The highest BCUT2D eigenvalue weighted by Crippen LogP contribution is 2.22. The van der Waals surface area contributed by atoms with Crippen molar-refractivity contribution in [2.24, 2.45) is 0 Å². The van der Waals surface area contributed by atoms with Crippen molar-refractivity contribution in [2.75, 3.05) is 32.1 Å².